The van der Waals surface area contributed by atoms with E-state index < -0.39 is 0 Å². The Hall–Kier alpha value is -1.55. The Morgan fingerprint density at radius 3 is 2.79 bits per heavy atom. The predicted octanol–water partition coefficient (Wildman–Crippen LogP) is 2.08. The van der Waals surface area contributed by atoms with Crippen LogP contribution in [0.25, 0.3) is 0 Å². The number of carbonyl (C=O) groups excluding carboxylic acids is 1. The number of amides is 1. The third-order valence-corrected chi connectivity index (χ3v) is 3.77. The lowest BCUT2D eigenvalue weighted by Crippen LogP contribution is -2.34. The highest BCUT2D eigenvalue weighted by atomic mass is 16.5. The van der Waals surface area contributed by atoms with Gasteiger partial charge in [0, 0.05) is 32.5 Å². The van der Waals surface area contributed by atoms with Gasteiger partial charge in [0.15, 0.2) is 0 Å². The Balaban J connectivity index is 2.03. The second-order valence-electron chi connectivity index (χ2n) is 5.28. The highest BCUT2D eigenvalue weighted by Gasteiger charge is 2.20. The fourth-order valence-corrected chi connectivity index (χ4v) is 2.47. The zero-order chi connectivity index (χ0) is 13.8. The Morgan fingerprint density at radius 1 is 1.42 bits per heavy atom. The lowest BCUT2D eigenvalue weighted by Gasteiger charge is -2.27. The molecule has 0 spiro atoms. The molecule has 1 aromatic rings. The first-order valence-electron chi connectivity index (χ1n) is 6.78. The molecule has 4 heteroatoms. The Bertz CT molecular complexity index is 453. The number of nitrogens with zero attached hydrogens (tertiary/aromatic N) is 1. The van der Waals surface area contributed by atoms with Gasteiger partial charge in [-0.25, -0.2) is 0 Å². The molecule has 19 heavy (non-hydrogen) atoms. The molecule has 0 aromatic heterocycles. The molecule has 1 fully saturated rings. The first kappa shape index (κ1) is 13.9. The Labute approximate surface area is 114 Å². The molecule has 0 radical (unpaired) electrons. The summed E-state index contributed by atoms with van der Waals surface area (Å²) in [4.78, 5) is 14.2. The number of aryl methyl sites for hydroxylation is 1. The summed E-state index contributed by atoms with van der Waals surface area (Å²) in [6, 6.07) is 5.59. The molecule has 0 aliphatic carbocycles. The normalized spacial score (nSPS) is 16.3. The average Bonchev–Trinajstić information content (AvgIpc) is 2.42. The third-order valence-electron chi connectivity index (χ3n) is 3.77. The van der Waals surface area contributed by atoms with Gasteiger partial charge in [-0.3, -0.25) is 4.79 Å². The Kier molecular flexibility index (Phi) is 4.43. The van der Waals surface area contributed by atoms with Gasteiger partial charge >= 0.3 is 0 Å². The van der Waals surface area contributed by atoms with E-state index in [0.717, 1.165) is 38.2 Å². The van der Waals surface area contributed by atoms with E-state index in [9.17, 15) is 4.79 Å². The van der Waals surface area contributed by atoms with E-state index in [4.69, 9.17) is 10.5 Å². The number of carbonyl (C=O) groups is 1. The van der Waals surface area contributed by atoms with Crippen molar-refractivity contribution in [3.63, 3.8) is 0 Å². The van der Waals surface area contributed by atoms with Crippen LogP contribution in [0.3, 0.4) is 0 Å². The SMILES string of the molecule is Cc1cccc(C(=O)N(C)CC2CCOCC2)c1N. The zero-order valence-electron chi connectivity index (χ0n) is 11.7. The summed E-state index contributed by atoms with van der Waals surface area (Å²) in [5, 5.41) is 0. The highest BCUT2D eigenvalue weighted by molar-refractivity contribution is 5.99. The largest absolute Gasteiger partial charge is 0.398 e. The number of benzene rings is 1. The van der Waals surface area contributed by atoms with Crippen molar-refractivity contribution in [2.45, 2.75) is 19.8 Å². The number of nitrogens with two attached hydrogens (primary N) is 1. The van der Waals surface area contributed by atoms with Gasteiger partial charge in [0.05, 0.1) is 5.56 Å². The molecule has 2 N–H and O–H groups in total. The lowest BCUT2D eigenvalue weighted by atomic mass is 9.99. The number of hydrogen-bond donors (Lipinski definition) is 1. The summed E-state index contributed by atoms with van der Waals surface area (Å²) in [6.07, 6.45) is 2.06. The molecule has 0 unspecified atom stereocenters. The molecule has 1 amide bonds. The van der Waals surface area contributed by atoms with Gasteiger partial charge in [-0.05, 0) is 37.3 Å². The van der Waals surface area contributed by atoms with Crippen LogP contribution in [0.1, 0.15) is 28.8 Å². The van der Waals surface area contributed by atoms with Crippen LogP contribution in [0.4, 0.5) is 5.69 Å². The van der Waals surface area contributed by atoms with Crippen LogP contribution in [0.15, 0.2) is 18.2 Å². The van der Waals surface area contributed by atoms with Crippen LogP contribution in [-0.4, -0.2) is 37.6 Å². The number of hydrogen-bond acceptors (Lipinski definition) is 3. The molecule has 104 valence electrons. The van der Waals surface area contributed by atoms with Crippen molar-refractivity contribution in [3.8, 4) is 0 Å². The molecule has 1 aliphatic heterocycles. The van der Waals surface area contributed by atoms with E-state index >= 15 is 0 Å². The smallest absolute Gasteiger partial charge is 0.255 e. The van der Waals surface area contributed by atoms with Crippen LogP contribution in [-0.2, 0) is 4.74 Å². The molecule has 1 heterocycles. The topological polar surface area (TPSA) is 55.6 Å². The van der Waals surface area contributed by atoms with Crippen LogP contribution in [0.5, 0.6) is 0 Å². The summed E-state index contributed by atoms with van der Waals surface area (Å²) < 4.78 is 5.34. The average molecular weight is 262 g/mol. The maximum absolute atomic E-state index is 12.4. The number of ether oxygens (including phenoxy) is 1. The first-order valence-corrected chi connectivity index (χ1v) is 6.78. The van der Waals surface area contributed by atoms with Crippen molar-refractivity contribution in [1.29, 1.82) is 0 Å². The molecule has 0 saturated carbocycles. The van der Waals surface area contributed by atoms with E-state index in [1.807, 2.05) is 26.1 Å². The number of nitrogen functional groups attached to an aromatic ring is 1. The molecule has 1 aromatic carbocycles. The summed E-state index contributed by atoms with van der Waals surface area (Å²) in [5.41, 5.74) is 8.13. The van der Waals surface area contributed by atoms with E-state index in [-0.39, 0.29) is 5.91 Å². The van der Waals surface area contributed by atoms with Crippen molar-refractivity contribution in [3.05, 3.63) is 29.3 Å². The molecule has 0 atom stereocenters. The minimum absolute atomic E-state index is 0.00712. The minimum atomic E-state index is 0.00712. The van der Waals surface area contributed by atoms with Crippen LogP contribution < -0.4 is 5.73 Å². The molecule has 4 nitrogen and oxygen atoms in total. The molecular formula is C15H22N2O2. The van der Waals surface area contributed by atoms with Crippen LogP contribution in [0, 0.1) is 12.8 Å². The summed E-state index contributed by atoms with van der Waals surface area (Å²) in [5.74, 6) is 0.543. The van der Waals surface area contributed by atoms with Gasteiger partial charge < -0.3 is 15.4 Å². The van der Waals surface area contributed by atoms with Gasteiger partial charge in [-0.2, -0.15) is 0 Å². The fraction of sp³-hybridized carbons (Fsp3) is 0.533. The van der Waals surface area contributed by atoms with Crippen molar-refractivity contribution >= 4 is 11.6 Å². The first-order chi connectivity index (χ1) is 9.09. The van der Waals surface area contributed by atoms with E-state index in [1.165, 1.54) is 0 Å². The summed E-state index contributed by atoms with van der Waals surface area (Å²) >= 11 is 0. The van der Waals surface area contributed by atoms with E-state index in [1.54, 1.807) is 11.0 Å². The highest BCUT2D eigenvalue weighted by Crippen LogP contribution is 2.20. The van der Waals surface area contributed by atoms with Gasteiger partial charge in [-0.15, -0.1) is 0 Å². The van der Waals surface area contributed by atoms with Crippen molar-refractivity contribution in [1.82, 2.24) is 4.90 Å². The number of anilines is 1. The Morgan fingerprint density at radius 2 is 2.11 bits per heavy atom. The number of rotatable bonds is 3. The van der Waals surface area contributed by atoms with Crippen molar-refractivity contribution in [2.24, 2.45) is 5.92 Å². The van der Waals surface area contributed by atoms with Crippen molar-refractivity contribution in [2.75, 3.05) is 32.5 Å². The van der Waals surface area contributed by atoms with Crippen molar-refractivity contribution < 1.29 is 9.53 Å². The van der Waals surface area contributed by atoms with Gasteiger partial charge in [-0.1, -0.05) is 12.1 Å². The molecule has 2 rings (SSSR count). The number of para-hydroxylation sites is 1. The quantitative estimate of drug-likeness (QED) is 0.848. The van der Waals surface area contributed by atoms with E-state index in [0.29, 0.717) is 17.2 Å². The molecule has 0 bridgehead atoms. The lowest BCUT2D eigenvalue weighted by molar-refractivity contribution is 0.0497. The monoisotopic (exact) mass is 262 g/mol. The van der Waals surface area contributed by atoms with E-state index in [2.05, 4.69) is 0 Å². The summed E-state index contributed by atoms with van der Waals surface area (Å²) in [7, 11) is 1.85. The maximum Gasteiger partial charge on any atom is 0.255 e. The minimum Gasteiger partial charge on any atom is -0.398 e. The molecule has 1 aliphatic rings. The van der Waals surface area contributed by atoms with Crippen LogP contribution in [0.2, 0.25) is 0 Å². The molecular weight excluding hydrogens is 240 g/mol. The second-order valence-corrected chi connectivity index (χ2v) is 5.28. The second kappa shape index (κ2) is 6.06. The van der Waals surface area contributed by atoms with Gasteiger partial charge in [0.25, 0.3) is 5.91 Å². The fourth-order valence-electron chi connectivity index (χ4n) is 2.47. The maximum atomic E-state index is 12.4. The summed E-state index contributed by atoms with van der Waals surface area (Å²) in [6.45, 7) is 4.30. The van der Waals surface area contributed by atoms with Gasteiger partial charge in [0.1, 0.15) is 0 Å². The molecule has 1 saturated heterocycles. The zero-order valence-corrected chi connectivity index (χ0v) is 11.7. The standard InChI is InChI=1S/C15H22N2O2/c1-11-4-3-5-13(14(11)16)15(18)17(2)10-12-6-8-19-9-7-12/h3-5,12H,6-10,16H2,1-2H3. The predicted molar refractivity (Wildman–Crippen MR) is 76.1 cm³/mol. The third kappa shape index (κ3) is 3.26. The van der Waals surface area contributed by atoms with Crippen LogP contribution >= 0.6 is 0 Å². The van der Waals surface area contributed by atoms with Gasteiger partial charge in [0.2, 0.25) is 0 Å².